The van der Waals surface area contributed by atoms with Gasteiger partial charge in [0.15, 0.2) is 8.46 Å². The second kappa shape index (κ2) is 3.37. The van der Waals surface area contributed by atoms with Gasteiger partial charge in [-0.05, 0) is 23.1 Å². The molecule has 1 aromatic rings. The molecule has 1 aromatic carbocycles. The highest BCUT2D eigenvalue weighted by Crippen LogP contribution is 2.21. The molecule has 12 heavy (non-hydrogen) atoms. The summed E-state index contributed by atoms with van der Waals surface area (Å²) in [5.41, 5.74) is 1.45. The fraction of sp³-hybridized carbons (Fsp3) is 0.400. The fourth-order valence-electron chi connectivity index (χ4n) is 1.02. The maximum atomic E-state index is 10.5. The van der Waals surface area contributed by atoms with E-state index in [9.17, 15) is 4.57 Å². The molecule has 0 heterocycles. The zero-order valence-corrected chi connectivity index (χ0v) is 8.56. The van der Waals surface area contributed by atoms with E-state index >= 15 is 0 Å². The Morgan fingerprint density at radius 3 is 1.92 bits per heavy atom. The monoisotopic (exact) mass is 180 g/mol. The van der Waals surface area contributed by atoms with Gasteiger partial charge >= 0.3 is 0 Å². The Hall–Kier alpha value is -0.680. The Morgan fingerprint density at radius 1 is 1.08 bits per heavy atom. The molecule has 0 atom stereocenters. The van der Waals surface area contributed by atoms with Crippen molar-refractivity contribution in [1.82, 2.24) is 0 Å². The van der Waals surface area contributed by atoms with E-state index in [1.807, 2.05) is 24.3 Å². The van der Waals surface area contributed by atoms with Crippen LogP contribution < -0.4 is 5.30 Å². The van der Waals surface area contributed by atoms with E-state index in [2.05, 4.69) is 20.8 Å². The minimum absolute atomic E-state index is 0.0990. The predicted octanol–water partition coefficient (Wildman–Crippen LogP) is 2.90. The zero-order chi connectivity index (χ0) is 9.19. The number of rotatable bonds is 1. The van der Waals surface area contributed by atoms with E-state index in [1.54, 1.807) is 0 Å². The van der Waals surface area contributed by atoms with E-state index in [1.165, 1.54) is 5.56 Å². The maximum absolute atomic E-state index is 10.5. The molecule has 0 fully saturated rings. The second-order valence-electron chi connectivity index (χ2n) is 3.89. The molecule has 0 aliphatic carbocycles. The van der Waals surface area contributed by atoms with Gasteiger partial charge in [0.2, 0.25) is 0 Å². The molecule has 1 nitrogen and oxygen atoms in total. The summed E-state index contributed by atoms with van der Waals surface area (Å²) >= 11 is 0. The van der Waals surface area contributed by atoms with Gasteiger partial charge in [-0.3, -0.25) is 4.57 Å². The minimum atomic E-state index is 0.0990. The Morgan fingerprint density at radius 2 is 1.58 bits per heavy atom. The van der Waals surface area contributed by atoms with Crippen LogP contribution in [0.1, 0.15) is 26.3 Å². The maximum Gasteiger partial charge on any atom is 0.192 e. The normalized spacial score (nSPS) is 11.9. The molecule has 64 valence electrons. The Bertz CT molecular complexity index is 269. The highest BCUT2D eigenvalue weighted by Gasteiger charge is 2.12. The lowest BCUT2D eigenvalue weighted by atomic mass is 9.87. The molecule has 0 unspecified atom stereocenters. The molecule has 0 saturated heterocycles. The summed E-state index contributed by atoms with van der Waals surface area (Å²) in [7, 11) is 0.0990. The van der Waals surface area contributed by atoms with Crippen molar-refractivity contribution in [1.29, 1.82) is 0 Å². The van der Waals surface area contributed by atoms with Gasteiger partial charge in [-0.2, -0.15) is 0 Å². The van der Waals surface area contributed by atoms with Crippen molar-refractivity contribution in [2.45, 2.75) is 26.2 Å². The van der Waals surface area contributed by atoms with Crippen LogP contribution in [0.15, 0.2) is 24.3 Å². The van der Waals surface area contributed by atoms with Gasteiger partial charge < -0.3 is 0 Å². The van der Waals surface area contributed by atoms with Crippen molar-refractivity contribution in [2.24, 2.45) is 0 Å². The molecule has 0 aromatic heterocycles. The van der Waals surface area contributed by atoms with Gasteiger partial charge in [-0.1, -0.05) is 32.9 Å². The number of benzene rings is 1. The standard InChI is InChI=1S/C10H13OP/c1-10(2,3)8-4-6-9(12-11)7-5-8/h4-7H,1-3H3. The zero-order valence-electron chi connectivity index (χ0n) is 7.66. The lowest BCUT2D eigenvalue weighted by molar-refractivity contribution is 0.590. The van der Waals surface area contributed by atoms with Crippen LogP contribution in [-0.4, -0.2) is 0 Å². The third-order valence-electron chi connectivity index (χ3n) is 1.84. The lowest BCUT2D eigenvalue weighted by Crippen LogP contribution is -2.11. The molecule has 1 rings (SSSR count). The summed E-state index contributed by atoms with van der Waals surface area (Å²) in [5.74, 6) is 0. The molecule has 0 amide bonds. The topological polar surface area (TPSA) is 17.1 Å². The lowest BCUT2D eigenvalue weighted by Gasteiger charge is -2.18. The molecule has 2 heteroatoms. The summed E-state index contributed by atoms with van der Waals surface area (Å²) in [5, 5.41) is 0.836. The van der Waals surface area contributed by atoms with E-state index in [-0.39, 0.29) is 13.9 Å². The van der Waals surface area contributed by atoms with E-state index < -0.39 is 0 Å². The number of hydrogen-bond donors (Lipinski definition) is 0. The molecular weight excluding hydrogens is 167 g/mol. The average Bonchev–Trinajstić information content (AvgIpc) is 2.03. The highest BCUT2D eigenvalue weighted by atomic mass is 31.1. The van der Waals surface area contributed by atoms with Crippen LogP contribution in [0.3, 0.4) is 0 Å². The van der Waals surface area contributed by atoms with E-state index in [0.717, 1.165) is 5.30 Å². The molecular formula is C10H13OP. The van der Waals surface area contributed by atoms with Crippen molar-refractivity contribution in [3.63, 3.8) is 0 Å². The first kappa shape index (κ1) is 9.41. The minimum Gasteiger partial charge on any atom is -0.269 e. The van der Waals surface area contributed by atoms with E-state index in [4.69, 9.17) is 0 Å². The summed E-state index contributed by atoms with van der Waals surface area (Å²) in [4.78, 5) is 0. The molecule has 0 aliphatic heterocycles. The second-order valence-corrected chi connectivity index (χ2v) is 4.59. The van der Waals surface area contributed by atoms with Crippen molar-refractivity contribution >= 4 is 13.8 Å². The smallest absolute Gasteiger partial charge is 0.192 e. The van der Waals surface area contributed by atoms with Crippen LogP contribution in [-0.2, 0) is 9.98 Å². The van der Waals surface area contributed by atoms with Crippen molar-refractivity contribution in [3.05, 3.63) is 29.8 Å². The Kier molecular flexibility index (Phi) is 2.64. The van der Waals surface area contributed by atoms with Gasteiger partial charge in [0.25, 0.3) is 0 Å². The molecule has 0 saturated carbocycles. The summed E-state index contributed by atoms with van der Waals surface area (Å²) < 4.78 is 10.5. The molecule has 0 aliphatic rings. The van der Waals surface area contributed by atoms with Crippen LogP contribution in [0.4, 0.5) is 0 Å². The van der Waals surface area contributed by atoms with Crippen molar-refractivity contribution < 1.29 is 4.57 Å². The molecule has 0 N–H and O–H groups in total. The first-order valence-electron chi connectivity index (χ1n) is 3.98. The van der Waals surface area contributed by atoms with Crippen LogP contribution in [0.5, 0.6) is 0 Å². The van der Waals surface area contributed by atoms with Crippen molar-refractivity contribution in [3.8, 4) is 0 Å². The van der Waals surface area contributed by atoms with Gasteiger partial charge in [-0.25, -0.2) is 0 Å². The molecule has 0 radical (unpaired) electrons. The Labute approximate surface area is 75.0 Å². The first-order valence-corrected chi connectivity index (χ1v) is 4.79. The predicted molar refractivity (Wildman–Crippen MR) is 52.4 cm³/mol. The summed E-state index contributed by atoms with van der Waals surface area (Å²) in [6.45, 7) is 6.49. The van der Waals surface area contributed by atoms with Gasteiger partial charge in [0.1, 0.15) is 0 Å². The molecule has 0 bridgehead atoms. The van der Waals surface area contributed by atoms with Crippen LogP contribution in [0, 0.1) is 0 Å². The highest BCUT2D eigenvalue weighted by molar-refractivity contribution is 7.34. The summed E-state index contributed by atoms with van der Waals surface area (Å²) in [6, 6.07) is 7.85. The van der Waals surface area contributed by atoms with Crippen LogP contribution in [0.2, 0.25) is 0 Å². The quantitative estimate of drug-likeness (QED) is 0.607. The SMILES string of the molecule is CC(C)(C)c1ccc(P=O)cc1. The van der Waals surface area contributed by atoms with E-state index in [0.29, 0.717) is 0 Å². The van der Waals surface area contributed by atoms with Crippen LogP contribution >= 0.6 is 8.46 Å². The Balaban J connectivity index is 3.00. The largest absolute Gasteiger partial charge is 0.269 e. The van der Waals surface area contributed by atoms with Gasteiger partial charge in [0.05, 0.1) is 0 Å². The van der Waals surface area contributed by atoms with Gasteiger partial charge in [-0.15, -0.1) is 0 Å². The van der Waals surface area contributed by atoms with Crippen LogP contribution in [0.25, 0.3) is 0 Å². The van der Waals surface area contributed by atoms with Gasteiger partial charge in [0, 0.05) is 5.30 Å². The summed E-state index contributed by atoms with van der Waals surface area (Å²) in [6.07, 6.45) is 0. The average molecular weight is 180 g/mol. The first-order chi connectivity index (χ1) is 5.54. The third kappa shape index (κ3) is 2.15. The molecule has 0 spiro atoms. The van der Waals surface area contributed by atoms with Crippen molar-refractivity contribution in [2.75, 3.05) is 0 Å². The fourth-order valence-corrected chi connectivity index (χ4v) is 1.29. The number of hydrogen-bond acceptors (Lipinski definition) is 1. The third-order valence-corrected chi connectivity index (χ3v) is 2.35.